The van der Waals surface area contributed by atoms with Crippen molar-refractivity contribution in [2.24, 2.45) is 5.73 Å². The molecule has 4 heteroatoms. The molecule has 1 fully saturated rings. The quantitative estimate of drug-likeness (QED) is 0.413. The number of primary amides is 1. The Labute approximate surface area is 53.8 Å². The second-order valence-corrected chi connectivity index (χ2v) is 2.50. The van der Waals surface area contributed by atoms with Crippen LogP contribution in [0, 0.1) is 0 Å². The highest BCUT2D eigenvalue weighted by atomic mass is 16.1. The fourth-order valence-corrected chi connectivity index (χ4v) is 0.817. The van der Waals surface area contributed by atoms with E-state index in [0.29, 0.717) is 0 Å². The molecule has 1 aliphatic rings. The van der Waals surface area contributed by atoms with E-state index in [1.165, 1.54) is 0 Å². The molecule has 52 valence electrons. The molecule has 1 amide bonds. The SMILES string of the molecule is CC1(C(N)=O)CCNN1. The third-order valence-electron chi connectivity index (χ3n) is 1.66. The molecular formula is C5H11N3O. The van der Waals surface area contributed by atoms with Gasteiger partial charge in [0, 0.05) is 6.54 Å². The molecule has 1 aliphatic heterocycles. The maximum absolute atomic E-state index is 10.6. The summed E-state index contributed by atoms with van der Waals surface area (Å²) in [6.07, 6.45) is 0.766. The van der Waals surface area contributed by atoms with E-state index in [4.69, 9.17) is 5.73 Å². The van der Waals surface area contributed by atoms with E-state index in [-0.39, 0.29) is 5.91 Å². The molecule has 0 aliphatic carbocycles. The second-order valence-electron chi connectivity index (χ2n) is 2.50. The predicted molar refractivity (Wildman–Crippen MR) is 33.4 cm³/mol. The second kappa shape index (κ2) is 1.97. The monoisotopic (exact) mass is 129 g/mol. The van der Waals surface area contributed by atoms with E-state index >= 15 is 0 Å². The molecule has 4 N–H and O–H groups in total. The van der Waals surface area contributed by atoms with Gasteiger partial charge in [-0.2, -0.15) is 0 Å². The van der Waals surface area contributed by atoms with Gasteiger partial charge in [0.25, 0.3) is 0 Å². The summed E-state index contributed by atoms with van der Waals surface area (Å²) in [6.45, 7) is 2.59. The third-order valence-corrected chi connectivity index (χ3v) is 1.66. The number of nitrogens with two attached hydrogens (primary N) is 1. The first-order chi connectivity index (χ1) is 4.15. The maximum atomic E-state index is 10.6. The van der Waals surface area contributed by atoms with Crippen LogP contribution in [0.15, 0.2) is 0 Å². The maximum Gasteiger partial charge on any atom is 0.238 e. The van der Waals surface area contributed by atoms with Crippen LogP contribution in [0.4, 0.5) is 0 Å². The van der Waals surface area contributed by atoms with Crippen LogP contribution >= 0.6 is 0 Å². The fourth-order valence-electron chi connectivity index (χ4n) is 0.817. The van der Waals surface area contributed by atoms with E-state index in [9.17, 15) is 4.79 Å². The Bertz CT molecular complexity index is 128. The molecule has 0 aromatic heterocycles. The average molecular weight is 129 g/mol. The van der Waals surface area contributed by atoms with Crippen molar-refractivity contribution in [3.8, 4) is 0 Å². The Balaban J connectivity index is 2.61. The van der Waals surface area contributed by atoms with Crippen LogP contribution < -0.4 is 16.6 Å². The topological polar surface area (TPSA) is 67.2 Å². The predicted octanol–water partition coefficient (Wildman–Crippen LogP) is -1.27. The van der Waals surface area contributed by atoms with Crippen LogP contribution in [0.25, 0.3) is 0 Å². The van der Waals surface area contributed by atoms with Gasteiger partial charge >= 0.3 is 0 Å². The van der Waals surface area contributed by atoms with Crippen molar-refractivity contribution in [3.63, 3.8) is 0 Å². The van der Waals surface area contributed by atoms with Crippen molar-refractivity contribution in [2.45, 2.75) is 18.9 Å². The number of hydrogen-bond acceptors (Lipinski definition) is 3. The fraction of sp³-hybridized carbons (Fsp3) is 0.800. The van der Waals surface area contributed by atoms with Crippen molar-refractivity contribution < 1.29 is 4.79 Å². The number of nitrogens with one attached hydrogen (secondary N) is 2. The first-order valence-corrected chi connectivity index (χ1v) is 2.95. The highest BCUT2D eigenvalue weighted by Crippen LogP contribution is 2.10. The third kappa shape index (κ3) is 1.04. The minimum absolute atomic E-state index is 0.299. The molecule has 0 aromatic carbocycles. The van der Waals surface area contributed by atoms with Crippen molar-refractivity contribution in [2.75, 3.05) is 6.54 Å². The molecule has 0 radical (unpaired) electrons. The lowest BCUT2D eigenvalue weighted by Gasteiger charge is -2.17. The number of carbonyl (C=O) groups is 1. The van der Waals surface area contributed by atoms with Crippen LogP contribution in [0.2, 0.25) is 0 Å². The van der Waals surface area contributed by atoms with Gasteiger partial charge in [0.15, 0.2) is 0 Å². The van der Waals surface area contributed by atoms with Gasteiger partial charge in [-0.25, -0.2) is 5.43 Å². The number of carbonyl (C=O) groups excluding carboxylic acids is 1. The average Bonchev–Trinajstić information content (AvgIpc) is 2.16. The van der Waals surface area contributed by atoms with E-state index in [2.05, 4.69) is 10.9 Å². The van der Waals surface area contributed by atoms with Gasteiger partial charge in [-0.1, -0.05) is 0 Å². The van der Waals surface area contributed by atoms with E-state index in [0.717, 1.165) is 13.0 Å². The molecule has 0 saturated carbocycles. The van der Waals surface area contributed by atoms with E-state index in [1.54, 1.807) is 6.92 Å². The normalized spacial score (nSPS) is 34.8. The highest BCUT2D eigenvalue weighted by molar-refractivity contribution is 5.84. The number of hydrogen-bond donors (Lipinski definition) is 3. The Kier molecular flexibility index (Phi) is 1.42. The number of rotatable bonds is 1. The molecule has 4 nitrogen and oxygen atoms in total. The molecule has 1 unspecified atom stereocenters. The summed E-state index contributed by atoms with van der Waals surface area (Å²) in [5.41, 5.74) is 10.2. The summed E-state index contributed by atoms with van der Waals surface area (Å²) in [5.74, 6) is -0.299. The van der Waals surface area contributed by atoms with Crippen molar-refractivity contribution in [1.82, 2.24) is 10.9 Å². The number of hydrazine groups is 1. The van der Waals surface area contributed by atoms with Gasteiger partial charge in [-0.3, -0.25) is 10.2 Å². The van der Waals surface area contributed by atoms with Crippen molar-refractivity contribution in [1.29, 1.82) is 0 Å². The standard InChI is InChI=1S/C5H11N3O/c1-5(4(6)9)2-3-7-8-5/h7-8H,2-3H2,1H3,(H2,6,9). The van der Waals surface area contributed by atoms with Gasteiger partial charge in [0.2, 0.25) is 5.91 Å². The molecule has 1 rings (SSSR count). The molecule has 1 atom stereocenters. The van der Waals surface area contributed by atoms with Crippen LogP contribution in [-0.4, -0.2) is 18.0 Å². The largest absolute Gasteiger partial charge is 0.368 e. The molecule has 0 bridgehead atoms. The molecule has 1 heterocycles. The summed E-state index contributed by atoms with van der Waals surface area (Å²) in [4.78, 5) is 10.6. The van der Waals surface area contributed by atoms with Crippen LogP contribution in [-0.2, 0) is 4.79 Å². The first kappa shape index (κ1) is 6.51. The molecule has 0 aromatic rings. The van der Waals surface area contributed by atoms with Gasteiger partial charge in [0.1, 0.15) is 5.54 Å². The number of amides is 1. The lowest BCUT2D eigenvalue weighted by molar-refractivity contribution is -0.123. The zero-order chi connectivity index (χ0) is 6.91. The summed E-state index contributed by atoms with van der Waals surface area (Å²) >= 11 is 0. The van der Waals surface area contributed by atoms with Crippen LogP contribution in [0.1, 0.15) is 13.3 Å². The van der Waals surface area contributed by atoms with E-state index < -0.39 is 5.54 Å². The lowest BCUT2D eigenvalue weighted by atomic mass is 10.0. The van der Waals surface area contributed by atoms with Crippen molar-refractivity contribution in [3.05, 3.63) is 0 Å². The summed E-state index contributed by atoms with van der Waals surface area (Å²) < 4.78 is 0. The zero-order valence-corrected chi connectivity index (χ0v) is 5.40. The minimum Gasteiger partial charge on any atom is -0.368 e. The van der Waals surface area contributed by atoms with Crippen LogP contribution in [0.3, 0.4) is 0 Å². The van der Waals surface area contributed by atoms with Gasteiger partial charge in [-0.15, -0.1) is 0 Å². The van der Waals surface area contributed by atoms with E-state index in [1.807, 2.05) is 0 Å². The molecule has 0 spiro atoms. The summed E-state index contributed by atoms with van der Waals surface area (Å²) in [5, 5.41) is 0. The highest BCUT2D eigenvalue weighted by Gasteiger charge is 2.33. The zero-order valence-electron chi connectivity index (χ0n) is 5.40. The smallest absolute Gasteiger partial charge is 0.238 e. The Morgan fingerprint density at radius 3 is 2.67 bits per heavy atom. The molecular weight excluding hydrogens is 118 g/mol. The molecule has 1 saturated heterocycles. The van der Waals surface area contributed by atoms with Gasteiger partial charge in [0.05, 0.1) is 0 Å². The van der Waals surface area contributed by atoms with Crippen LogP contribution in [0.5, 0.6) is 0 Å². The van der Waals surface area contributed by atoms with Gasteiger partial charge in [-0.05, 0) is 13.3 Å². The lowest BCUT2D eigenvalue weighted by Crippen LogP contribution is -2.51. The Morgan fingerprint density at radius 1 is 1.78 bits per heavy atom. The minimum atomic E-state index is -0.528. The summed E-state index contributed by atoms with van der Waals surface area (Å²) in [6, 6.07) is 0. The first-order valence-electron chi connectivity index (χ1n) is 2.95. The van der Waals surface area contributed by atoms with Gasteiger partial charge < -0.3 is 5.73 Å². The summed E-state index contributed by atoms with van der Waals surface area (Å²) in [7, 11) is 0. The Morgan fingerprint density at radius 2 is 2.44 bits per heavy atom. The molecule has 9 heavy (non-hydrogen) atoms. The van der Waals surface area contributed by atoms with Crippen molar-refractivity contribution >= 4 is 5.91 Å². The Hall–Kier alpha value is -0.610.